The second kappa shape index (κ2) is 15.1. The average Bonchev–Trinajstić information content (AvgIpc) is 3.17. The largest absolute Gasteiger partial charge is 0.462 e. The molecule has 1 unspecified atom stereocenters. The van der Waals surface area contributed by atoms with Gasteiger partial charge in [-0.3, -0.25) is 14.5 Å². The molecule has 1 N–H and O–H groups in total. The Hall–Kier alpha value is -3.79. The van der Waals surface area contributed by atoms with Gasteiger partial charge in [0.2, 0.25) is 5.91 Å². The topological polar surface area (TPSA) is 105 Å². The fraction of sp³-hybridized carbons (Fsp3) is 0.433. The number of esters is 2. The van der Waals surface area contributed by atoms with E-state index in [1.165, 1.54) is 4.90 Å². The van der Waals surface area contributed by atoms with Crippen molar-refractivity contribution >= 4 is 52.5 Å². The maximum absolute atomic E-state index is 13.6. The predicted molar refractivity (Wildman–Crippen MR) is 157 cm³/mol. The second-order valence-corrected chi connectivity index (χ2v) is 9.76. The lowest BCUT2D eigenvalue weighted by Crippen LogP contribution is -2.38. The summed E-state index contributed by atoms with van der Waals surface area (Å²) in [5, 5.41) is 3.14. The SMILES string of the molecule is CCCCCCCN1C(=S)N(c2ccc(C(=O)OCC)cc2)C(=O)C1CC(=O)Nc1ccc(C(=O)OCC)cc1. The van der Waals surface area contributed by atoms with Crippen LogP contribution in [0.4, 0.5) is 11.4 Å². The van der Waals surface area contributed by atoms with Crippen molar-refractivity contribution in [2.75, 3.05) is 30.0 Å². The van der Waals surface area contributed by atoms with Crippen LogP contribution in [-0.2, 0) is 19.1 Å². The number of anilines is 2. The lowest BCUT2D eigenvalue weighted by Gasteiger charge is -2.24. The van der Waals surface area contributed by atoms with Crippen LogP contribution >= 0.6 is 12.2 Å². The summed E-state index contributed by atoms with van der Waals surface area (Å²) in [5.74, 6) is -1.52. The third-order valence-corrected chi connectivity index (χ3v) is 6.93. The molecule has 0 aliphatic carbocycles. The number of rotatable bonds is 14. The van der Waals surface area contributed by atoms with E-state index in [-0.39, 0.29) is 31.4 Å². The Labute approximate surface area is 240 Å². The first-order chi connectivity index (χ1) is 19.3. The first-order valence-electron chi connectivity index (χ1n) is 13.8. The Bertz CT molecular complexity index is 1200. The number of ether oxygens (including phenoxy) is 2. The summed E-state index contributed by atoms with van der Waals surface area (Å²) in [7, 11) is 0. The van der Waals surface area contributed by atoms with Gasteiger partial charge in [-0.05, 0) is 81.0 Å². The summed E-state index contributed by atoms with van der Waals surface area (Å²) in [6.45, 7) is 6.71. The first kappa shape index (κ1) is 30.7. The summed E-state index contributed by atoms with van der Waals surface area (Å²) in [5.41, 5.74) is 1.79. The van der Waals surface area contributed by atoms with E-state index in [1.807, 2.05) is 4.90 Å². The minimum atomic E-state index is -0.762. The molecule has 0 spiro atoms. The Balaban J connectivity index is 1.74. The highest BCUT2D eigenvalue weighted by Gasteiger charge is 2.43. The van der Waals surface area contributed by atoms with E-state index >= 15 is 0 Å². The fourth-order valence-corrected chi connectivity index (χ4v) is 4.88. The monoisotopic (exact) mass is 567 g/mol. The summed E-state index contributed by atoms with van der Waals surface area (Å²) >= 11 is 5.73. The van der Waals surface area contributed by atoms with Gasteiger partial charge in [0.05, 0.1) is 36.4 Å². The molecule has 1 fully saturated rings. The molecule has 1 saturated heterocycles. The van der Waals surface area contributed by atoms with E-state index in [1.54, 1.807) is 62.4 Å². The quantitative estimate of drug-likeness (QED) is 0.185. The standard InChI is InChI=1S/C30H37N3O6S/c1-4-7-8-9-10-19-32-25(20-26(34)31-23-15-11-21(12-16-23)28(36)38-5-2)27(35)33(30(32)40)24-17-13-22(14-18-24)29(37)39-6-3/h11-18,25H,4-10,19-20H2,1-3H3,(H,31,34). The zero-order valence-corrected chi connectivity index (χ0v) is 24.1. The van der Waals surface area contributed by atoms with E-state index in [2.05, 4.69) is 12.2 Å². The molecule has 10 heteroatoms. The summed E-state index contributed by atoms with van der Waals surface area (Å²) in [4.78, 5) is 53.9. The van der Waals surface area contributed by atoms with E-state index in [0.29, 0.717) is 34.2 Å². The number of unbranched alkanes of at least 4 members (excludes halogenated alkanes) is 4. The molecular formula is C30H37N3O6S. The molecule has 0 saturated carbocycles. The van der Waals surface area contributed by atoms with Gasteiger partial charge in [0.15, 0.2) is 5.11 Å². The van der Waals surface area contributed by atoms with Crippen molar-refractivity contribution in [3.05, 3.63) is 59.7 Å². The summed E-state index contributed by atoms with van der Waals surface area (Å²) in [6, 6.07) is 12.1. The lowest BCUT2D eigenvalue weighted by molar-refractivity contribution is -0.124. The molecule has 3 rings (SSSR count). The minimum Gasteiger partial charge on any atom is -0.462 e. The van der Waals surface area contributed by atoms with Crippen molar-refractivity contribution in [1.82, 2.24) is 4.90 Å². The van der Waals surface area contributed by atoms with Crippen molar-refractivity contribution in [2.24, 2.45) is 0 Å². The maximum atomic E-state index is 13.6. The molecule has 0 radical (unpaired) electrons. The van der Waals surface area contributed by atoms with Crippen molar-refractivity contribution in [2.45, 2.75) is 65.3 Å². The molecule has 1 aliphatic heterocycles. The number of hydrogen-bond acceptors (Lipinski definition) is 7. The molecular weight excluding hydrogens is 530 g/mol. The lowest BCUT2D eigenvalue weighted by atomic mass is 10.1. The summed E-state index contributed by atoms with van der Waals surface area (Å²) in [6.07, 6.45) is 5.11. The second-order valence-electron chi connectivity index (χ2n) is 9.40. The molecule has 1 atom stereocenters. The van der Waals surface area contributed by atoms with Crippen LogP contribution in [0.5, 0.6) is 0 Å². The van der Waals surface area contributed by atoms with Gasteiger partial charge in [-0.1, -0.05) is 32.6 Å². The number of nitrogens with zero attached hydrogens (tertiary/aromatic N) is 2. The minimum absolute atomic E-state index is 0.0923. The van der Waals surface area contributed by atoms with Gasteiger partial charge in [-0.15, -0.1) is 0 Å². The van der Waals surface area contributed by atoms with E-state index in [9.17, 15) is 19.2 Å². The van der Waals surface area contributed by atoms with Crippen LogP contribution in [0.15, 0.2) is 48.5 Å². The van der Waals surface area contributed by atoms with Crippen LogP contribution in [0.2, 0.25) is 0 Å². The highest BCUT2D eigenvalue weighted by molar-refractivity contribution is 7.80. The number of carbonyl (C=O) groups excluding carboxylic acids is 4. The number of carbonyl (C=O) groups is 4. The van der Waals surface area contributed by atoms with E-state index in [4.69, 9.17) is 21.7 Å². The Morgan fingerprint density at radius 2 is 1.38 bits per heavy atom. The van der Waals surface area contributed by atoms with E-state index < -0.39 is 18.0 Å². The fourth-order valence-electron chi connectivity index (χ4n) is 4.46. The predicted octanol–water partition coefficient (Wildman–Crippen LogP) is 5.34. The molecule has 2 aromatic rings. The van der Waals surface area contributed by atoms with Gasteiger partial charge >= 0.3 is 11.9 Å². The Kier molecular flexibility index (Phi) is 11.6. The van der Waals surface area contributed by atoms with Crippen molar-refractivity contribution in [3.63, 3.8) is 0 Å². The van der Waals surface area contributed by atoms with E-state index in [0.717, 1.165) is 32.1 Å². The average molecular weight is 568 g/mol. The smallest absolute Gasteiger partial charge is 0.338 e. The summed E-state index contributed by atoms with van der Waals surface area (Å²) < 4.78 is 10.0. The highest BCUT2D eigenvalue weighted by Crippen LogP contribution is 2.28. The number of hydrogen-bond donors (Lipinski definition) is 1. The molecule has 40 heavy (non-hydrogen) atoms. The van der Waals surface area contributed by atoms with Crippen LogP contribution in [0.25, 0.3) is 0 Å². The Morgan fingerprint density at radius 1 is 0.825 bits per heavy atom. The van der Waals surface area contributed by atoms with Gasteiger partial charge in [0.25, 0.3) is 5.91 Å². The van der Waals surface area contributed by atoms with Gasteiger partial charge in [-0.25, -0.2) is 9.59 Å². The zero-order valence-electron chi connectivity index (χ0n) is 23.3. The van der Waals surface area contributed by atoms with Crippen LogP contribution < -0.4 is 10.2 Å². The van der Waals surface area contributed by atoms with Gasteiger partial charge in [0, 0.05) is 12.2 Å². The van der Waals surface area contributed by atoms with Gasteiger partial charge in [0.1, 0.15) is 6.04 Å². The Morgan fingerprint density at radius 3 is 1.93 bits per heavy atom. The van der Waals surface area contributed by atoms with Crippen LogP contribution in [0.1, 0.15) is 80.0 Å². The number of benzene rings is 2. The number of nitrogens with one attached hydrogen (secondary N) is 1. The molecule has 214 valence electrons. The van der Waals surface area contributed by atoms with Gasteiger partial charge < -0.3 is 19.7 Å². The molecule has 2 amide bonds. The van der Waals surface area contributed by atoms with Gasteiger partial charge in [-0.2, -0.15) is 0 Å². The molecule has 2 aromatic carbocycles. The van der Waals surface area contributed by atoms with Crippen molar-refractivity contribution in [1.29, 1.82) is 0 Å². The third kappa shape index (κ3) is 7.88. The van der Waals surface area contributed by atoms with Crippen molar-refractivity contribution in [3.8, 4) is 0 Å². The van der Waals surface area contributed by atoms with Crippen LogP contribution in [0, 0.1) is 0 Å². The molecule has 9 nitrogen and oxygen atoms in total. The van der Waals surface area contributed by atoms with Crippen LogP contribution in [-0.4, -0.2) is 59.6 Å². The normalized spacial score (nSPS) is 14.8. The molecule has 1 aliphatic rings. The molecule has 0 aromatic heterocycles. The molecule has 0 bridgehead atoms. The number of thiocarbonyl (C=S) groups is 1. The maximum Gasteiger partial charge on any atom is 0.338 e. The van der Waals surface area contributed by atoms with Crippen molar-refractivity contribution < 1.29 is 28.7 Å². The number of amides is 2. The highest BCUT2D eigenvalue weighted by atomic mass is 32.1. The van der Waals surface area contributed by atoms with Crippen LogP contribution in [0.3, 0.4) is 0 Å². The third-order valence-electron chi connectivity index (χ3n) is 6.52. The zero-order chi connectivity index (χ0) is 29.1. The molecule has 1 heterocycles. The first-order valence-corrected chi connectivity index (χ1v) is 14.2.